The number of hydrogen-bond donors (Lipinski definition) is 3. The summed E-state index contributed by atoms with van der Waals surface area (Å²) in [5.74, 6) is -0.141. The van der Waals surface area contributed by atoms with Gasteiger partial charge in [-0.15, -0.1) is 0 Å². The Morgan fingerprint density at radius 1 is 1.23 bits per heavy atom. The molecule has 0 heterocycles. The van der Waals surface area contributed by atoms with E-state index in [1.807, 2.05) is 42.5 Å². The number of anilines is 2. The summed E-state index contributed by atoms with van der Waals surface area (Å²) in [7, 11) is 0. The third-order valence-electron chi connectivity index (χ3n) is 3.08. The monoisotopic (exact) mass is 426 g/mol. The van der Waals surface area contributed by atoms with Crippen LogP contribution in [0, 0.1) is 0 Å². The second-order valence-electron chi connectivity index (χ2n) is 4.84. The predicted octanol–water partition coefficient (Wildman–Crippen LogP) is 4.14. The molecule has 1 atom stereocenters. The molecule has 0 aliphatic carbocycles. The van der Waals surface area contributed by atoms with Gasteiger partial charge in [-0.05, 0) is 58.7 Å². The summed E-state index contributed by atoms with van der Waals surface area (Å²) in [4.78, 5) is 12.3. The summed E-state index contributed by atoms with van der Waals surface area (Å²) in [5, 5.41) is 15.1. The van der Waals surface area contributed by atoms with Crippen LogP contribution in [0.4, 0.5) is 11.4 Å². The second kappa shape index (κ2) is 7.76. The van der Waals surface area contributed by atoms with Gasteiger partial charge in [0.05, 0.1) is 12.3 Å². The molecule has 0 spiro atoms. The van der Waals surface area contributed by atoms with Crippen molar-refractivity contribution in [3.63, 3.8) is 0 Å². The molecule has 0 aromatic heterocycles. The second-order valence-corrected chi connectivity index (χ2v) is 6.61. The van der Waals surface area contributed by atoms with E-state index in [4.69, 9.17) is 5.11 Å². The average Bonchev–Trinajstić information content (AvgIpc) is 2.50. The van der Waals surface area contributed by atoms with Gasteiger partial charge in [0.25, 0.3) is 0 Å². The molecule has 22 heavy (non-hydrogen) atoms. The molecule has 1 amide bonds. The maximum Gasteiger partial charge on any atom is 0.246 e. The lowest BCUT2D eigenvalue weighted by Gasteiger charge is -2.16. The van der Waals surface area contributed by atoms with Crippen LogP contribution in [0.25, 0.3) is 0 Å². The van der Waals surface area contributed by atoms with Gasteiger partial charge in [-0.1, -0.05) is 28.1 Å². The summed E-state index contributed by atoms with van der Waals surface area (Å²) >= 11 is 6.79. The minimum atomic E-state index is -0.413. The van der Waals surface area contributed by atoms with E-state index in [0.717, 1.165) is 20.2 Å². The quantitative estimate of drug-likeness (QED) is 0.671. The SMILES string of the molecule is CC(Nc1cccc(CO)c1)C(=O)Nc1ccc(Br)cc1Br. The molecule has 1 unspecified atom stereocenters. The highest BCUT2D eigenvalue weighted by Gasteiger charge is 2.14. The van der Waals surface area contributed by atoms with Crippen molar-refractivity contribution in [3.8, 4) is 0 Å². The number of benzene rings is 2. The molecule has 2 aromatic carbocycles. The van der Waals surface area contributed by atoms with Gasteiger partial charge in [-0.25, -0.2) is 0 Å². The first-order chi connectivity index (χ1) is 10.5. The number of aliphatic hydroxyl groups excluding tert-OH is 1. The van der Waals surface area contributed by atoms with Crippen LogP contribution in [-0.4, -0.2) is 17.1 Å². The molecule has 3 N–H and O–H groups in total. The average molecular weight is 428 g/mol. The fraction of sp³-hybridized carbons (Fsp3) is 0.188. The first-order valence-corrected chi connectivity index (χ1v) is 8.30. The fourth-order valence-electron chi connectivity index (χ4n) is 1.91. The van der Waals surface area contributed by atoms with Crippen LogP contribution in [0.3, 0.4) is 0 Å². The molecule has 4 nitrogen and oxygen atoms in total. The molecule has 116 valence electrons. The molecule has 0 saturated heterocycles. The van der Waals surface area contributed by atoms with E-state index in [1.54, 1.807) is 6.92 Å². The summed E-state index contributed by atoms with van der Waals surface area (Å²) in [6, 6.07) is 12.5. The van der Waals surface area contributed by atoms with Crippen LogP contribution in [0.2, 0.25) is 0 Å². The van der Waals surface area contributed by atoms with Crippen LogP contribution in [0.15, 0.2) is 51.4 Å². The zero-order valence-electron chi connectivity index (χ0n) is 11.9. The predicted molar refractivity (Wildman–Crippen MR) is 95.9 cm³/mol. The molecule has 0 radical (unpaired) electrons. The topological polar surface area (TPSA) is 61.4 Å². The maximum absolute atomic E-state index is 12.3. The Morgan fingerprint density at radius 3 is 2.68 bits per heavy atom. The van der Waals surface area contributed by atoms with Crippen LogP contribution < -0.4 is 10.6 Å². The van der Waals surface area contributed by atoms with Gasteiger partial charge in [0.15, 0.2) is 0 Å². The van der Waals surface area contributed by atoms with Gasteiger partial charge in [0.1, 0.15) is 6.04 Å². The molecule has 2 rings (SSSR count). The van der Waals surface area contributed by atoms with Crippen molar-refractivity contribution in [1.29, 1.82) is 0 Å². The van der Waals surface area contributed by atoms with Gasteiger partial charge in [-0.2, -0.15) is 0 Å². The van der Waals surface area contributed by atoms with Crippen LogP contribution in [0.1, 0.15) is 12.5 Å². The smallest absolute Gasteiger partial charge is 0.246 e. The standard InChI is InChI=1S/C16H16Br2N2O2/c1-10(19-13-4-2-3-11(7-13)9-21)16(22)20-15-6-5-12(17)8-14(15)18/h2-8,10,19,21H,9H2,1H3,(H,20,22). The lowest BCUT2D eigenvalue weighted by atomic mass is 10.2. The molecule has 0 bridgehead atoms. The normalized spacial score (nSPS) is 11.8. The first kappa shape index (κ1) is 17.0. The van der Waals surface area contributed by atoms with Crippen molar-refractivity contribution in [2.45, 2.75) is 19.6 Å². The van der Waals surface area contributed by atoms with Crippen molar-refractivity contribution < 1.29 is 9.90 Å². The molecule has 0 saturated carbocycles. The number of nitrogens with one attached hydrogen (secondary N) is 2. The van der Waals surface area contributed by atoms with Crippen molar-refractivity contribution >= 4 is 49.1 Å². The van der Waals surface area contributed by atoms with E-state index >= 15 is 0 Å². The Hall–Kier alpha value is -1.37. The third-order valence-corrected chi connectivity index (χ3v) is 4.22. The van der Waals surface area contributed by atoms with Crippen molar-refractivity contribution in [1.82, 2.24) is 0 Å². The van der Waals surface area contributed by atoms with Gasteiger partial charge in [0.2, 0.25) is 5.91 Å². The molecule has 0 aliphatic heterocycles. The minimum absolute atomic E-state index is 0.0259. The zero-order chi connectivity index (χ0) is 16.1. The first-order valence-electron chi connectivity index (χ1n) is 6.72. The number of aliphatic hydroxyl groups is 1. The van der Waals surface area contributed by atoms with E-state index in [9.17, 15) is 4.79 Å². The number of rotatable bonds is 5. The fourth-order valence-corrected chi connectivity index (χ4v) is 3.05. The van der Waals surface area contributed by atoms with Crippen LogP contribution in [0.5, 0.6) is 0 Å². The van der Waals surface area contributed by atoms with Crippen LogP contribution in [-0.2, 0) is 11.4 Å². The molecule has 0 aliphatic rings. The lowest BCUT2D eigenvalue weighted by molar-refractivity contribution is -0.116. The van der Waals surface area contributed by atoms with Gasteiger partial charge in [0, 0.05) is 14.6 Å². The Balaban J connectivity index is 2.02. The van der Waals surface area contributed by atoms with Crippen molar-refractivity contribution in [3.05, 3.63) is 57.0 Å². The summed E-state index contributed by atoms with van der Waals surface area (Å²) in [5.41, 5.74) is 2.31. The van der Waals surface area contributed by atoms with Crippen molar-refractivity contribution in [2.24, 2.45) is 0 Å². The number of hydrogen-bond acceptors (Lipinski definition) is 3. The Labute approximate surface area is 146 Å². The third kappa shape index (κ3) is 4.56. The molecular weight excluding hydrogens is 412 g/mol. The molecule has 0 fully saturated rings. The Morgan fingerprint density at radius 2 is 2.00 bits per heavy atom. The van der Waals surface area contributed by atoms with Gasteiger partial charge >= 0.3 is 0 Å². The largest absolute Gasteiger partial charge is 0.392 e. The number of halogens is 2. The van der Waals surface area contributed by atoms with E-state index in [1.165, 1.54) is 0 Å². The number of carbonyl (C=O) groups is 1. The van der Waals surface area contributed by atoms with Crippen LogP contribution >= 0.6 is 31.9 Å². The van der Waals surface area contributed by atoms with Gasteiger partial charge in [-0.3, -0.25) is 4.79 Å². The maximum atomic E-state index is 12.3. The summed E-state index contributed by atoms with van der Waals surface area (Å²) < 4.78 is 1.74. The summed E-state index contributed by atoms with van der Waals surface area (Å²) in [6.07, 6.45) is 0. The Kier molecular flexibility index (Phi) is 5.99. The van der Waals surface area contributed by atoms with E-state index in [2.05, 4.69) is 42.5 Å². The molecule has 6 heteroatoms. The summed E-state index contributed by atoms with van der Waals surface area (Å²) in [6.45, 7) is 1.76. The number of amides is 1. The van der Waals surface area contributed by atoms with Gasteiger partial charge < -0.3 is 15.7 Å². The highest BCUT2D eigenvalue weighted by Crippen LogP contribution is 2.26. The zero-order valence-corrected chi connectivity index (χ0v) is 15.1. The van der Waals surface area contributed by atoms with E-state index < -0.39 is 6.04 Å². The lowest BCUT2D eigenvalue weighted by Crippen LogP contribution is -2.32. The highest BCUT2D eigenvalue weighted by molar-refractivity contribution is 9.11. The molecule has 2 aromatic rings. The van der Waals surface area contributed by atoms with E-state index in [0.29, 0.717) is 5.69 Å². The number of carbonyl (C=O) groups excluding carboxylic acids is 1. The molecular formula is C16H16Br2N2O2. The van der Waals surface area contributed by atoms with Crippen molar-refractivity contribution in [2.75, 3.05) is 10.6 Å². The Bertz CT molecular complexity index is 677. The van der Waals surface area contributed by atoms with E-state index in [-0.39, 0.29) is 12.5 Å². The minimum Gasteiger partial charge on any atom is -0.392 e. The highest BCUT2D eigenvalue weighted by atomic mass is 79.9.